The number of piperidine rings is 1. The van der Waals surface area contributed by atoms with Gasteiger partial charge in [0.25, 0.3) is 0 Å². The molecule has 0 bridgehead atoms. The van der Waals surface area contributed by atoms with Crippen molar-refractivity contribution < 1.29 is 18.9 Å². The average molecular weight is 537 g/mol. The van der Waals surface area contributed by atoms with Gasteiger partial charge in [0.2, 0.25) is 0 Å². The fourth-order valence-electron chi connectivity index (χ4n) is 5.10. The van der Waals surface area contributed by atoms with Crippen LogP contribution in [0.3, 0.4) is 0 Å². The summed E-state index contributed by atoms with van der Waals surface area (Å²) in [7, 11) is 3.20. The van der Waals surface area contributed by atoms with E-state index in [-0.39, 0.29) is 0 Å². The van der Waals surface area contributed by atoms with Gasteiger partial charge in [0.05, 0.1) is 61.5 Å². The number of ether oxygens (including phenoxy) is 4. The highest BCUT2D eigenvalue weighted by molar-refractivity contribution is 6.33. The zero-order valence-corrected chi connectivity index (χ0v) is 22.6. The van der Waals surface area contributed by atoms with E-state index in [0.717, 1.165) is 51.1 Å². The number of nitriles is 1. The van der Waals surface area contributed by atoms with Crippen molar-refractivity contribution in [1.82, 2.24) is 9.88 Å². The van der Waals surface area contributed by atoms with Crippen molar-refractivity contribution in [2.45, 2.75) is 25.7 Å². The molecular formula is C29H33ClN4O4. The molecule has 3 aromatic rings. The summed E-state index contributed by atoms with van der Waals surface area (Å²) in [5.41, 5.74) is 2.77. The highest BCUT2D eigenvalue weighted by Crippen LogP contribution is 2.40. The van der Waals surface area contributed by atoms with Crippen LogP contribution in [0.2, 0.25) is 5.02 Å². The molecule has 1 aromatic heterocycles. The Morgan fingerprint density at radius 3 is 2.61 bits per heavy atom. The monoisotopic (exact) mass is 536 g/mol. The van der Waals surface area contributed by atoms with Gasteiger partial charge >= 0.3 is 0 Å². The summed E-state index contributed by atoms with van der Waals surface area (Å²) in [5.74, 6) is 1.87. The lowest BCUT2D eigenvalue weighted by Crippen LogP contribution is -2.50. The normalized spacial score (nSPS) is 16.6. The second kappa shape index (κ2) is 11.6. The Kier molecular flexibility index (Phi) is 8.08. The van der Waals surface area contributed by atoms with Crippen molar-refractivity contribution in [2.24, 2.45) is 5.41 Å². The third-order valence-corrected chi connectivity index (χ3v) is 7.90. The van der Waals surface area contributed by atoms with E-state index in [1.54, 1.807) is 38.6 Å². The molecule has 0 radical (unpaired) electrons. The molecule has 5 rings (SSSR count). The van der Waals surface area contributed by atoms with E-state index in [1.165, 1.54) is 12.8 Å². The van der Waals surface area contributed by atoms with Crippen LogP contribution < -0.4 is 19.5 Å². The van der Waals surface area contributed by atoms with Crippen molar-refractivity contribution >= 4 is 33.9 Å². The van der Waals surface area contributed by atoms with E-state index in [9.17, 15) is 5.26 Å². The van der Waals surface area contributed by atoms with Gasteiger partial charge < -0.3 is 29.2 Å². The van der Waals surface area contributed by atoms with Crippen LogP contribution in [0.25, 0.3) is 10.9 Å². The minimum atomic E-state index is 0.389. The molecule has 8 nitrogen and oxygen atoms in total. The van der Waals surface area contributed by atoms with E-state index in [1.807, 2.05) is 12.1 Å². The number of nitrogens with one attached hydrogen (secondary N) is 1. The molecule has 2 aliphatic heterocycles. The fourth-order valence-corrected chi connectivity index (χ4v) is 5.27. The van der Waals surface area contributed by atoms with Crippen molar-refractivity contribution in [1.29, 1.82) is 5.26 Å². The van der Waals surface area contributed by atoms with E-state index >= 15 is 0 Å². The summed E-state index contributed by atoms with van der Waals surface area (Å²) in [4.78, 5) is 7.06. The molecular weight excluding hydrogens is 504 g/mol. The highest BCUT2D eigenvalue weighted by Gasteiger charge is 2.40. The Morgan fingerprint density at radius 1 is 1.11 bits per heavy atom. The molecule has 2 fully saturated rings. The lowest BCUT2D eigenvalue weighted by molar-refractivity contribution is -0.139. The summed E-state index contributed by atoms with van der Waals surface area (Å²) in [6, 6.07) is 11.2. The molecule has 0 atom stereocenters. The summed E-state index contributed by atoms with van der Waals surface area (Å²) in [6.45, 7) is 5.90. The zero-order chi connectivity index (χ0) is 26.5. The Hall–Kier alpha value is -3.25. The number of unbranched alkanes of at least 4 members (excludes halogenated alkanes) is 1. The van der Waals surface area contributed by atoms with Crippen LogP contribution in [0.5, 0.6) is 17.2 Å². The van der Waals surface area contributed by atoms with Crippen LogP contribution in [0.1, 0.15) is 31.2 Å². The predicted octanol–water partition coefficient (Wildman–Crippen LogP) is 5.79. The minimum Gasteiger partial charge on any atom is -0.497 e. The number of hydrogen-bond donors (Lipinski definition) is 1. The van der Waals surface area contributed by atoms with Crippen LogP contribution >= 0.6 is 11.6 Å². The van der Waals surface area contributed by atoms with E-state index in [4.69, 9.17) is 30.5 Å². The highest BCUT2D eigenvalue weighted by atomic mass is 35.5. The first-order valence-electron chi connectivity index (χ1n) is 13.0. The van der Waals surface area contributed by atoms with Crippen molar-refractivity contribution in [2.75, 3.05) is 59.0 Å². The molecule has 0 unspecified atom stereocenters. The Bertz CT molecular complexity index is 1330. The maximum atomic E-state index is 9.76. The Morgan fingerprint density at radius 2 is 1.92 bits per heavy atom. The van der Waals surface area contributed by atoms with Crippen LogP contribution in [0.4, 0.5) is 11.4 Å². The first-order chi connectivity index (χ1) is 18.5. The topological polar surface area (TPSA) is 88.9 Å². The molecule has 38 heavy (non-hydrogen) atoms. The number of pyridine rings is 1. The molecule has 3 heterocycles. The third-order valence-electron chi connectivity index (χ3n) is 7.57. The van der Waals surface area contributed by atoms with Gasteiger partial charge in [0, 0.05) is 29.1 Å². The zero-order valence-electron chi connectivity index (χ0n) is 21.9. The Balaban J connectivity index is 1.26. The lowest BCUT2D eigenvalue weighted by atomic mass is 9.77. The SMILES string of the molecule is COc1ccc(Cl)c(Nc2c(C#N)cnc3cc(OCCCCN4CCC5(CC4)COC5)c(OC)cc23)c1. The van der Waals surface area contributed by atoms with Crippen LogP contribution in [-0.2, 0) is 4.74 Å². The maximum absolute atomic E-state index is 9.76. The number of methoxy groups -OCH3 is 2. The molecule has 9 heteroatoms. The van der Waals surface area contributed by atoms with Crippen LogP contribution in [-0.4, -0.2) is 63.6 Å². The number of likely N-dealkylation sites (tertiary alicyclic amines) is 1. The standard InChI is InChI=1S/C29H33ClN4O4/c1-35-21-5-6-23(30)25(13-21)33-28-20(16-31)17-32-24-15-27(26(36-2)14-22(24)28)38-12-4-3-9-34-10-7-29(8-11-34)18-37-19-29/h5-6,13-15,17H,3-4,7-12,18-19H2,1-2H3,(H,32,33). The molecule has 200 valence electrons. The van der Waals surface area contributed by atoms with Crippen molar-refractivity contribution in [3.8, 4) is 23.3 Å². The molecule has 0 amide bonds. The number of nitrogens with zero attached hydrogens (tertiary/aromatic N) is 3. The van der Waals surface area contributed by atoms with E-state index in [0.29, 0.717) is 56.7 Å². The van der Waals surface area contributed by atoms with E-state index in [2.05, 4.69) is 21.3 Å². The van der Waals surface area contributed by atoms with Gasteiger partial charge in [-0.3, -0.25) is 4.98 Å². The number of benzene rings is 2. The lowest BCUT2D eigenvalue weighted by Gasteiger charge is -2.47. The fraction of sp³-hybridized carbons (Fsp3) is 0.448. The van der Waals surface area contributed by atoms with Gasteiger partial charge in [-0.1, -0.05) is 11.6 Å². The molecule has 2 aliphatic rings. The smallest absolute Gasteiger partial charge is 0.163 e. The van der Waals surface area contributed by atoms with Crippen LogP contribution in [0, 0.1) is 16.7 Å². The van der Waals surface area contributed by atoms with Gasteiger partial charge in [0.15, 0.2) is 11.5 Å². The Labute approximate surface area is 228 Å². The van der Waals surface area contributed by atoms with Gasteiger partial charge in [0.1, 0.15) is 11.8 Å². The second-order valence-corrected chi connectivity index (χ2v) is 10.4. The summed E-state index contributed by atoms with van der Waals surface area (Å²) in [5, 5.41) is 14.3. The molecule has 1 spiro atoms. The number of anilines is 2. The summed E-state index contributed by atoms with van der Waals surface area (Å²) >= 11 is 6.42. The number of rotatable bonds is 10. The van der Waals surface area contributed by atoms with Crippen molar-refractivity contribution in [3.63, 3.8) is 0 Å². The minimum absolute atomic E-state index is 0.389. The average Bonchev–Trinajstić information content (AvgIpc) is 2.93. The molecule has 0 aliphatic carbocycles. The summed E-state index contributed by atoms with van der Waals surface area (Å²) < 4.78 is 22.5. The first kappa shape index (κ1) is 26.4. The molecule has 1 N–H and O–H groups in total. The predicted molar refractivity (Wildman–Crippen MR) is 148 cm³/mol. The number of halogens is 1. The van der Waals surface area contributed by atoms with E-state index < -0.39 is 0 Å². The number of aromatic nitrogens is 1. The molecule has 2 saturated heterocycles. The van der Waals surface area contributed by atoms with Crippen LogP contribution in [0.15, 0.2) is 36.5 Å². The quantitative estimate of drug-likeness (QED) is 0.326. The molecule has 0 saturated carbocycles. The van der Waals surface area contributed by atoms with Crippen molar-refractivity contribution in [3.05, 3.63) is 47.1 Å². The largest absolute Gasteiger partial charge is 0.497 e. The number of fused-ring (bicyclic) bond motifs is 1. The van der Waals surface area contributed by atoms with Gasteiger partial charge in [-0.25, -0.2) is 0 Å². The summed E-state index contributed by atoms with van der Waals surface area (Å²) in [6.07, 6.45) is 6.08. The maximum Gasteiger partial charge on any atom is 0.163 e. The molecule has 2 aromatic carbocycles. The van der Waals surface area contributed by atoms with Gasteiger partial charge in [-0.2, -0.15) is 5.26 Å². The first-order valence-corrected chi connectivity index (χ1v) is 13.4. The van der Waals surface area contributed by atoms with Gasteiger partial charge in [-0.05, 0) is 63.5 Å². The van der Waals surface area contributed by atoms with Gasteiger partial charge in [-0.15, -0.1) is 0 Å². The second-order valence-electron chi connectivity index (χ2n) is 10.0. The number of hydrogen-bond acceptors (Lipinski definition) is 8. The third kappa shape index (κ3) is 5.60.